The van der Waals surface area contributed by atoms with Crippen LogP contribution < -0.4 is 5.32 Å². The molecular formula is C17H19BrN6O. The van der Waals surface area contributed by atoms with E-state index in [0.29, 0.717) is 11.3 Å². The van der Waals surface area contributed by atoms with E-state index >= 15 is 0 Å². The van der Waals surface area contributed by atoms with Crippen LogP contribution in [0.2, 0.25) is 0 Å². The monoisotopic (exact) mass is 402 g/mol. The van der Waals surface area contributed by atoms with Gasteiger partial charge in [0.15, 0.2) is 0 Å². The van der Waals surface area contributed by atoms with Gasteiger partial charge in [0.2, 0.25) is 0 Å². The standard InChI is InChI=1S/C17H19BrN6O/c1-22(2)7-8-23-12-15(10-19-23)21-17(25)13-3-5-16(6-4-13)24-11-14(18)9-20-24/h3-6,9-12H,7-8H2,1-2H3,(H,21,25). The van der Waals surface area contributed by atoms with E-state index in [9.17, 15) is 4.79 Å². The Morgan fingerprint density at radius 3 is 2.56 bits per heavy atom. The van der Waals surface area contributed by atoms with Crippen molar-refractivity contribution in [2.45, 2.75) is 6.54 Å². The number of nitrogens with zero attached hydrogens (tertiary/aromatic N) is 5. The molecule has 3 rings (SSSR count). The highest BCUT2D eigenvalue weighted by molar-refractivity contribution is 9.10. The minimum absolute atomic E-state index is 0.166. The maximum atomic E-state index is 12.4. The second kappa shape index (κ2) is 7.62. The Hall–Kier alpha value is -2.45. The van der Waals surface area contributed by atoms with Crippen LogP contribution in [0.3, 0.4) is 0 Å². The van der Waals surface area contributed by atoms with Crippen LogP contribution in [0.1, 0.15) is 10.4 Å². The van der Waals surface area contributed by atoms with E-state index < -0.39 is 0 Å². The van der Waals surface area contributed by atoms with Crippen molar-refractivity contribution in [3.8, 4) is 5.69 Å². The third kappa shape index (κ3) is 4.55. The average Bonchev–Trinajstić information content (AvgIpc) is 3.22. The average molecular weight is 403 g/mol. The SMILES string of the molecule is CN(C)CCn1cc(NC(=O)c2ccc(-n3cc(Br)cn3)cc2)cn1. The Balaban J connectivity index is 1.63. The van der Waals surface area contributed by atoms with Crippen LogP contribution in [-0.2, 0) is 6.54 Å². The van der Waals surface area contributed by atoms with Gasteiger partial charge in [0.1, 0.15) is 0 Å². The summed E-state index contributed by atoms with van der Waals surface area (Å²) in [7, 11) is 4.02. The van der Waals surface area contributed by atoms with E-state index in [1.54, 1.807) is 29.2 Å². The van der Waals surface area contributed by atoms with Crippen LogP contribution in [0, 0.1) is 0 Å². The normalized spacial score (nSPS) is 11.0. The van der Waals surface area contributed by atoms with Crippen LogP contribution in [0.25, 0.3) is 5.69 Å². The molecule has 1 aromatic carbocycles. The van der Waals surface area contributed by atoms with Crippen molar-refractivity contribution in [2.24, 2.45) is 0 Å². The molecule has 2 aromatic heterocycles. The first-order valence-electron chi connectivity index (χ1n) is 7.80. The highest BCUT2D eigenvalue weighted by atomic mass is 79.9. The van der Waals surface area contributed by atoms with E-state index in [1.807, 2.05) is 43.3 Å². The van der Waals surface area contributed by atoms with Crippen LogP contribution in [0.4, 0.5) is 5.69 Å². The number of halogens is 1. The summed E-state index contributed by atoms with van der Waals surface area (Å²) < 4.78 is 4.45. The summed E-state index contributed by atoms with van der Waals surface area (Å²) in [4.78, 5) is 14.4. The fraction of sp³-hybridized carbons (Fsp3) is 0.235. The first kappa shape index (κ1) is 17.4. The van der Waals surface area contributed by atoms with Crippen LogP contribution in [0.5, 0.6) is 0 Å². The number of nitrogens with one attached hydrogen (secondary N) is 1. The molecule has 7 nitrogen and oxygen atoms in total. The number of likely N-dealkylation sites (N-methyl/N-ethyl adjacent to an activating group) is 1. The molecule has 1 N–H and O–H groups in total. The van der Waals surface area contributed by atoms with Crippen molar-refractivity contribution >= 4 is 27.5 Å². The zero-order valence-corrected chi connectivity index (χ0v) is 15.6. The molecule has 0 aliphatic carbocycles. The van der Waals surface area contributed by atoms with Crippen molar-refractivity contribution in [3.63, 3.8) is 0 Å². The largest absolute Gasteiger partial charge is 0.319 e. The molecule has 0 radical (unpaired) electrons. The molecule has 0 spiro atoms. The van der Waals surface area contributed by atoms with Gasteiger partial charge in [-0.15, -0.1) is 0 Å². The second-order valence-electron chi connectivity index (χ2n) is 5.90. The molecule has 1 amide bonds. The molecule has 25 heavy (non-hydrogen) atoms. The Morgan fingerprint density at radius 2 is 1.92 bits per heavy atom. The van der Waals surface area contributed by atoms with Gasteiger partial charge in [-0.1, -0.05) is 0 Å². The molecule has 3 aromatic rings. The molecule has 0 atom stereocenters. The Morgan fingerprint density at radius 1 is 1.16 bits per heavy atom. The van der Waals surface area contributed by atoms with Crippen LogP contribution >= 0.6 is 15.9 Å². The van der Waals surface area contributed by atoms with Gasteiger partial charge in [-0.3, -0.25) is 9.48 Å². The molecule has 0 aliphatic rings. The minimum atomic E-state index is -0.166. The van der Waals surface area contributed by atoms with Gasteiger partial charge in [-0.05, 0) is 54.3 Å². The van der Waals surface area contributed by atoms with E-state index in [-0.39, 0.29) is 5.91 Å². The molecular weight excluding hydrogens is 384 g/mol. The lowest BCUT2D eigenvalue weighted by Gasteiger charge is -2.08. The summed E-state index contributed by atoms with van der Waals surface area (Å²) in [6.07, 6.45) is 7.06. The summed E-state index contributed by atoms with van der Waals surface area (Å²) in [6.45, 7) is 1.66. The number of carbonyl (C=O) groups is 1. The summed E-state index contributed by atoms with van der Waals surface area (Å²) in [5.74, 6) is -0.166. The molecule has 2 heterocycles. The molecule has 0 unspecified atom stereocenters. The minimum Gasteiger partial charge on any atom is -0.319 e. The van der Waals surface area contributed by atoms with Gasteiger partial charge in [-0.25, -0.2) is 4.68 Å². The first-order chi connectivity index (χ1) is 12.0. The number of anilines is 1. The van der Waals surface area contributed by atoms with Crippen molar-refractivity contribution in [1.82, 2.24) is 24.5 Å². The summed E-state index contributed by atoms with van der Waals surface area (Å²) in [5.41, 5.74) is 2.15. The smallest absolute Gasteiger partial charge is 0.255 e. The molecule has 8 heteroatoms. The van der Waals surface area contributed by atoms with Crippen molar-refractivity contribution in [1.29, 1.82) is 0 Å². The highest BCUT2D eigenvalue weighted by Crippen LogP contribution is 2.14. The predicted molar refractivity (Wildman–Crippen MR) is 100.0 cm³/mol. The Kier molecular flexibility index (Phi) is 5.30. The van der Waals surface area contributed by atoms with Crippen LogP contribution in [0.15, 0.2) is 53.5 Å². The first-order valence-corrected chi connectivity index (χ1v) is 8.60. The maximum Gasteiger partial charge on any atom is 0.255 e. The van der Waals surface area contributed by atoms with E-state index in [2.05, 4.69) is 36.3 Å². The zero-order chi connectivity index (χ0) is 17.8. The highest BCUT2D eigenvalue weighted by Gasteiger charge is 2.08. The van der Waals surface area contributed by atoms with Gasteiger partial charge >= 0.3 is 0 Å². The lowest BCUT2D eigenvalue weighted by Crippen LogP contribution is -2.18. The predicted octanol–water partition coefficient (Wildman–Crippen LogP) is 2.65. The maximum absolute atomic E-state index is 12.4. The fourth-order valence-electron chi connectivity index (χ4n) is 2.26. The van der Waals surface area contributed by atoms with E-state index in [0.717, 1.165) is 23.2 Å². The van der Waals surface area contributed by atoms with Gasteiger partial charge in [0, 0.05) is 24.5 Å². The van der Waals surface area contributed by atoms with Crippen LogP contribution in [-0.4, -0.2) is 51.0 Å². The number of carbonyl (C=O) groups excluding carboxylic acids is 1. The zero-order valence-electron chi connectivity index (χ0n) is 14.1. The molecule has 130 valence electrons. The van der Waals surface area contributed by atoms with Crippen molar-refractivity contribution in [2.75, 3.05) is 26.0 Å². The third-order valence-corrected chi connectivity index (χ3v) is 4.02. The number of aromatic nitrogens is 4. The second-order valence-corrected chi connectivity index (χ2v) is 6.82. The third-order valence-electron chi connectivity index (χ3n) is 3.61. The van der Waals surface area contributed by atoms with Gasteiger partial charge in [-0.2, -0.15) is 10.2 Å². The summed E-state index contributed by atoms with van der Waals surface area (Å²) >= 11 is 3.37. The molecule has 0 saturated carbocycles. The quantitative estimate of drug-likeness (QED) is 0.687. The topological polar surface area (TPSA) is 68.0 Å². The Bertz CT molecular complexity index is 852. The van der Waals surface area contributed by atoms with E-state index in [4.69, 9.17) is 0 Å². The van der Waals surface area contributed by atoms with E-state index in [1.165, 1.54) is 0 Å². The fourth-order valence-corrected chi connectivity index (χ4v) is 2.55. The summed E-state index contributed by atoms with van der Waals surface area (Å²) in [5, 5.41) is 11.3. The lowest BCUT2D eigenvalue weighted by molar-refractivity contribution is 0.102. The van der Waals surface area contributed by atoms with Gasteiger partial charge in [0.05, 0.1) is 34.8 Å². The lowest BCUT2D eigenvalue weighted by atomic mass is 10.2. The van der Waals surface area contributed by atoms with Gasteiger partial charge < -0.3 is 10.2 Å². The number of hydrogen-bond donors (Lipinski definition) is 1. The Labute approximate surface area is 154 Å². The number of amides is 1. The molecule has 0 aliphatic heterocycles. The number of rotatable bonds is 6. The molecule has 0 saturated heterocycles. The van der Waals surface area contributed by atoms with Crippen molar-refractivity contribution in [3.05, 3.63) is 59.1 Å². The van der Waals surface area contributed by atoms with Crippen molar-refractivity contribution < 1.29 is 4.79 Å². The summed E-state index contributed by atoms with van der Waals surface area (Å²) in [6, 6.07) is 7.26. The number of hydrogen-bond acceptors (Lipinski definition) is 4. The number of benzene rings is 1. The molecule has 0 bridgehead atoms. The van der Waals surface area contributed by atoms with Gasteiger partial charge in [0.25, 0.3) is 5.91 Å². The molecule has 0 fully saturated rings.